The van der Waals surface area contributed by atoms with Crippen molar-refractivity contribution in [2.24, 2.45) is 17.6 Å². The second kappa shape index (κ2) is 12.8. The molecule has 0 bridgehead atoms. The lowest BCUT2D eigenvalue weighted by atomic mass is 9.89. The van der Waals surface area contributed by atoms with Gasteiger partial charge in [0.25, 0.3) is 0 Å². The van der Waals surface area contributed by atoms with Crippen molar-refractivity contribution in [3.05, 3.63) is 24.3 Å². The molecule has 0 aromatic heterocycles. The van der Waals surface area contributed by atoms with Gasteiger partial charge in [-0.1, -0.05) is 30.7 Å². The Labute approximate surface area is 155 Å². The second-order valence-electron chi connectivity index (χ2n) is 7.08. The van der Waals surface area contributed by atoms with Gasteiger partial charge in [0.15, 0.2) is 0 Å². The van der Waals surface area contributed by atoms with Crippen molar-refractivity contribution >= 4 is 12.2 Å². The van der Waals surface area contributed by atoms with Crippen molar-refractivity contribution in [2.45, 2.75) is 76.1 Å². The van der Waals surface area contributed by atoms with Gasteiger partial charge in [-0.15, -0.1) is 0 Å². The molecule has 0 saturated heterocycles. The molecule has 5 N–H and O–H groups in total. The average Bonchev–Trinajstić information content (AvgIpc) is 2.86. The van der Waals surface area contributed by atoms with Gasteiger partial charge < -0.3 is 25.8 Å². The maximum atomic E-state index is 10.7. The topological polar surface area (TPSA) is 121 Å². The number of aldehydes is 1. The summed E-state index contributed by atoms with van der Waals surface area (Å²) < 4.78 is 0. The molecular weight excluding hydrogens is 334 g/mol. The van der Waals surface area contributed by atoms with Crippen LogP contribution in [0.1, 0.15) is 57.8 Å². The highest BCUT2D eigenvalue weighted by atomic mass is 16.3. The summed E-state index contributed by atoms with van der Waals surface area (Å²) in [6.07, 6.45) is 12.0. The van der Waals surface area contributed by atoms with E-state index >= 15 is 0 Å². The number of amides is 1. The SMILES string of the molecule is NC(=O)CCCC[C@H](O)/C=C/[C@@H]1[C@@H](C/C=C\CCCC=O)[C@@H](O)C[C@H]1O. The Kier molecular flexibility index (Phi) is 11.1. The fraction of sp³-hybridized carbons (Fsp3) is 0.700. The van der Waals surface area contributed by atoms with Gasteiger partial charge in [0, 0.05) is 25.2 Å². The van der Waals surface area contributed by atoms with Crippen molar-refractivity contribution in [1.82, 2.24) is 0 Å². The second-order valence-corrected chi connectivity index (χ2v) is 7.08. The summed E-state index contributed by atoms with van der Waals surface area (Å²) >= 11 is 0. The van der Waals surface area contributed by atoms with Crippen LogP contribution in [-0.4, -0.2) is 45.8 Å². The Balaban J connectivity index is 2.44. The first-order chi connectivity index (χ1) is 12.5. The molecule has 6 heteroatoms. The molecule has 1 aliphatic carbocycles. The highest BCUT2D eigenvalue weighted by molar-refractivity contribution is 5.73. The van der Waals surface area contributed by atoms with Crippen molar-refractivity contribution in [1.29, 1.82) is 0 Å². The predicted octanol–water partition coefficient (Wildman–Crippen LogP) is 1.62. The molecule has 0 spiro atoms. The van der Waals surface area contributed by atoms with Crippen LogP contribution in [0.4, 0.5) is 0 Å². The fourth-order valence-electron chi connectivity index (χ4n) is 3.40. The molecule has 0 heterocycles. The third-order valence-electron chi connectivity index (χ3n) is 4.91. The standard InChI is InChI=1S/C20H33NO5/c21-20(26)10-6-5-8-15(23)11-12-17-16(18(24)14-19(17)25)9-4-2-1-3-7-13-22/h2,4,11-13,15-19,23-25H,1,3,5-10,14H2,(H2,21,26)/b4-2-,12-11+/t15-,16+,17+,18-,19+/m0/s1. The molecule has 0 aromatic rings. The van der Waals surface area contributed by atoms with Crippen molar-refractivity contribution in [3.8, 4) is 0 Å². The van der Waals surface area contributed by atoms with E-state index in [4.69, 9.17) is 5.73 Å². The summed E-state index contributed by atoms with van der Waals surface area (Å²) in [6, 6.07) is 0. The van der Waals surface area contributed by atoms with Crippen LogP contribution in [0, 0.1) is 11.8 Å². The maximum Gasteiger partial charge on any atom is 0.217 e. The minimum absolute atomic E-state index is 0.0781. The number of carbonyl (C=O) groups is 2. The molecule has 26 heavy (non-hydrogen) atoms. The highest BCUT2D eigenvalue weighted by Crippen LogP contribution is 2.36. The van der Waals surface area contributed by atoms with Gasteiger partial charge >= 0.3 is 0 Å². The Morgan fingerprint density at radius 1 is 1.12 bits per heavy atom. The smallest absolute Gasteiger partial charge is 0.217 e. The minimum atomic E-state index is -0.632. The Bertz CT molecular complexity index is 477. The number of hydrogen-bond donors (Lipinski definition) is 4. The number of unbranched alkanes of at least 4 members (excludes halogenated alkanes) is 3. The maximum absolute atomic E-state index is 10.7. The Morgan fingerprint density at radius 2 is 1.88 bits per heavy atom. The molecule has 6 nitrogen and oxygen atoms in total. The number of allylic oxidation sites excluding steroid dienone is 2. The first-order valence-electron chi connectivity index (χ1n) is 9.55. The fourth-order valence-corrected chi connectivity index (χ4v) is 3.40. The normalized spacial score (nSPS) is 27.3. The predicted molar refractivity (Wildman–Crippen MR) is 100 cm³/mol. The summed E-state index contributed by atoms with van der Waals surface area (Å²) in [7, 11) is 0. The number of nitrogens with two attached hydrogens (primary N) is 1. The molecular formula is C20H33NO5. The zero-order valence-corrected chi connectivity index (χ0v) is 15.4. The van der Waals surface area contributed by atoms with E-state index in [2.05, 4.69) is 0 Å². The molecule has 0 unspecified atom stereocenters. The van der Waals surface area contributed by atoms with Gasteiger partial charge in [-0.25, -0.2) is 0 Å². The largest absolute Gasteiger partial charge is 0.393 e. The lowest BCUT2D eigenvalue weighted by Crippen LogP contribution is -2.20. The van der Waals surface area contributed by atoms with Gasteiger partial charge in [0.2, 0.25) is 5.91 Å². The van der Waals surface area contributed by atoms with Crippen LogP contribution in [0.25, 0.3) is 0 Å². The number of rotatable bonds is 13. The molecule has 1 aliphatic rings. The van der Waals surface area contributed by atoms with Crippen LogP contribution in [0.5, 0.6) is 0 Å². The van der Waals surface area contributed by atoms with Crippen molar-refractivity contribution < 1.29 is 24.9 Å². The lowest BCUT2D eigenvalue weighted by molar-refractivity contribution is -0.118. The van der Waals surface area contributed by atoms with Crippen LogP contribution in [0.3, 0.4) is 0 Å². The molecule has 1 fully saturated rings. The van der Waals surface area contributed by atoms with Crippen LogP contribution in [0.15, 0.2) is 24.3 Å². The third-order valence-corrected chi connectivity index (χ3v) is 4.91. The monoisotopic (exact) mass is 367 g/mol. The lowest BCUT2D eigenvalue weighted by Gasteiger charge is -2.19. The average molecular weight is 367 g/mol. The van der Waals surface area contributed by atoms with Crippen LogP contribution >= 0.6 is 0 Å². The summed E-state index contributed by atoms with van der Waals surface area (Å²) in [6.45, 7) is 0. The number of carbonyl (C=O) groups excluding carboxylic acids is 2. The molecule has 1 saturated carbocycles. The first kappa shape index (κ1) is 22.5. The zero-order valence-electron chi connectivity index (χ0n) is 15.4. The van der Waals surface area contributed by atoms with Gasteiger partial charge in [0.05, 0.1) is 18.3 Å². The molecule has 0 aromatic carbocycles. The third kappa shape index (κ3) is 8.74. The molecule has 148 valence electrons. The van der Waals surface area contributed by atoms with E-state index in [-0.39, 0.29) is 17.7 Å². The van der Waals surface area contributed by atoms with E-state index in [0.29, 0.717) is 44.9 Å². The molecule has 1 amide bonds. The van der Waals surface area contributed by atoms with Crippen molar-refractivity contribution in [2.75, 3.05) is 0 Å². The summed E-state index contributed by atoms with van der Waals surface area (Å²) in [4.78, 5) is 21.0. The van der Waals surface area contributed by atoms with E-state index in [0.717, 1.165) is 19.1 Å². The minimum Gasteiger partial charge on any atom is -0.393 e. The first-order valence-corrected chi connectivity index (χ1v) is 9.55. The number of aliphatic hydroxyl groups is 3. The van der Waals surface area contributed by atoms with E-state index < -0.39 is 18.3 Å². The molecule has 0 aliphatic heterocycles. The molecule has 5 atom stereocenters. The number of aliphatic hydroxyl groups excluding tert-OH is 3. The number of hydrogen-bond acceptors (Lipinski definition) is 5. The Hall–Kier alpha value is -1.50. The van der Waals surface area contributed by atoms with Crippen molar-refractivity contribution in [3.63, 3.8) is 0 Å². The van der Waals surface area contributed by atoms with Crippen LogP contribution < -0.4 is 5.73 Å². The molecule has 1 rings (SSSR count). The highest BCUT2D eigenvalue weighted by Gasteiger charge is 2.39. The van der Waals surface area contributed by atoms with Gasteiger partial charge in [-0.3, -0.25) is 4.79 Å². The molecule has 0 radical (unpaired) electrons. The summed E-state index contributed by atoms with van der Waals surface area (Å²) in [5, 5.41) is 30.4. The van der Waals surface area contributed by atoms with E-state index in [1.54, 1.807) is 6.08 Å². The summed E-state index contributed by atoms with van der Waals surface area (Å²) in [5.41, 5.74) is 5.08. The zero-order chi connectivity index (χ0) is 19.4. The quantitative estimate of drug-likeness (QED) is 0.224. The Morgan fingerprint density at radius 3 is 2.58 bits per heavy atom. The van der Waals surface area contributed by atoms with Gasteiger partial charge in [-0.2, -0.15) is 0 Å². The van der Waals surface area contributed by atoms with Crippen LogP contribution in [-0.2, 0) is 9.59 Å². The van der Waals surface area contributed by atoms with E-state index in [9.17, 15) is 24.9 Å². The van der Waals surface area contributed by atoms with E-state index in [1.807, 2.05) is 18.2 Å². The summed E-state index contributed by atoms with van der Waals surface area (Å²) in [5.74, 6) is -0.601. The van der Waals surface area contributed by atoms with Gasteiger partial charge in [-0.05, 0) is 38.0 Å². The van der Waals surface area contributed by atoms with E-state index in [1.165, 1.54) is 0 Å². The van der Waals surface area contributed by atoms with Gasteiger partial charge in [0.1, 0.15) is 6.29 Å². The number of primary amides is 1. The van der Waals surface area contributed by atoms with Crippen LogP contribution in [0.2, 0.25) is 0 Å².